The molecule has 1 aromatic heterocycles. The highest BCUT2D eigenvalue weighted by molar-refractivity contribution is 7.13. The van der Waals surface area contributed by atoms with Crippen LogP contribution in [0.4, 0.5) is 0 Å². The topological polar surface area (TPSA) is 62.7 Å². The molecule has 2 rings (SSSR count). The summed E-state index contributed by atoms with van der Waals surface area (Å²) < 4.78 is 5.06. The number of methoxy groups -OCH3 is 1. The van der Waals surface area contributed by atoms with E-state index in [1.165, 1.54) is 11.3 Å². The quantitative estimate of drug-likeness (QED) is 0.886. The maximum Gasteiger partial charge on any atom is 0.335 e. The highest BCUT2D eigenvalue weighted by Gasteiger charge is 2.07. The summed E-state index contributed by atoms with van der Waals surface area (Å²) in [7, 11) is 3.62. The first-order chi connectivity index (χ1) is 9.58. The highest BCUT2D eigenvalue weighted by Crippen LogP contribution is 2.21. The van der Waals surface area contributed by atoms with Gasteiger partial charge in [0.25, 0.3) is 5.19 Å². The fraction of sp³-hybridized carbons (Fsp3) is 0.286. The van der Waals surface area contributed by atoms with Crippen LogP contribution >= 0.6 is 11.3 Å². The second-order valence-electron chi connectivity index (χ2n) is 4.47. The first-order valence-corrected chi connectivity index (χ1v) is 6.89. The van der Waals surface area contributed by atoms with Crippen LogP contribution in [0.5, 0.6) is 5.19 Å². The number of ether oxygens (including phenoxy) is 1. The lowest BCUT2D eigenvalue weighted by Gasteiger charge is -2.15. The van der Waals surface area contributed by atoms with Crippen LogP contribution in [0.3, 0.4) is 0 Å². The number of thiazole rings is 1. The van der Waals surface area contributed by atoms with Crippen molar-refractivity contribution in [1.29, 1.82) is 0 Å². The van der Waals surface area contributed by atoms with Crippen LogP contribution < -0.4 is 4.74 Å². The molecular weight excluding hydrogens is 276 g/mol. The van der Waals surface area contributed by atoms with Gasteiger partial charge in [-0.1, -0.05) is 23.5 Å². The van der Waals surface area contributed by atoms with Crippen molar-refractivity contribution >= 4 is 17.3 Å². The third kappa shape index (κ3) is 3.79. The Bertz CT molecular complexity index is 580. The molecule has 2 aromatic rings. The van der Waals surface area contributed by atoms with Crippen LogP contribution in [0.1, 0.15) is 20.8 Å². The lowest BCUT2D eigenvalue weighted by atomic mass is 10.1. The van der Waals surface area contributed by atoms with Gasteiger partial charge in [0, 0.05) is 24.2 Å². The van der Waals surface area contributed by atoms with Crippen molar-refractivity contribution in [1.82, 2.24) is 9.88 Å². The fourth-order valence-corrected chi connectivity index (χ4v) is 2.65. The molecule has 6 heteroatoms. The summed E-state index contributed by atoms with van der Waals surface area (Å²) in [5.41, 5.74) is 1.39. The third-order valence-corrected chi connectivity index (χ3v) is 3.73. The molecule has 5 nitrogen and oxygen atoms in total. The molecule has 1 heterocycles. The predicted molar refractivity (Wildman–Crippen MR) is 77.2 cm³/mol. The number of carboxylic acid groups (broad SMARTS) is 1. The maximum atomic E-state index is 10.8. The molecular formula is C14H16N2O3S. The van der Waals surface area contributed by atoms with E-state index in [4.69, 9.17) is 9.84 Å². The Morgan fingerprint density at radius 2 is 2.05 bits per heavy atom. The summed E-state index contributed by atoms with van der Waals surface area (Å²) in [6.07, 6.45) is 1.81. The molecule has 1 N–H and O–H groups in total. The number of hydrogen-bond acceptors (Lipinski definition) is 5. The molecule has 0 fully saturated rings. The largest absolute Gasteiger partial charge is 0.478 e. The Balaban J connectivity index is 1.93. The summed E-state index contributed by atoms with van der Waals surface area (Å²) in [6.45, 7) is 1.53. The van der Waals surface area contributed by atoms with E-state index in [-0.39, 0.29) is 0 Å². The van der Waals surface area contributed by atoms with Gasteiger partial charge in [0.1, 0.15) is 0 Å². The Morgan fingerprint density at radius 1 is 1.35 bits per heavy atom. The van der Waals surface area contributed by atoms with Gasteiger partial charge in [-0.05, 0) is 24.7 Å². The van der Waals surface area contributed by atoms with Crippen LogP contribution in [-0.2, 0) is 13.1 Å². The standard InChI is InChI=1S/C14H16N2O3S/c1-16(9-12-7-15-14(19-2)20-12)8-10-3-5-11(6-4-10)13(17)18/h3-7H,8-9H2,1-2H3,(H,17,18). The smallest absolute Gasteiger partial charge is 0.335 e. The van der Waals surface area contributed by atoms with Gasteiger partial charge in [-0.3, -0.25) is 4.90 Å². The number of rotatable bonds is 6. The van der Waals surface area contributed by atoms with Crippen LogP contribution in [0.15, 0.2) is 30.5 Å². The number of hydrogen-bond donors (Lipinski definition) is 1. The number of aromatic carboxylic acids is 1. The lowest BCUT2D eigenvalue weighted by molar-refractivity contribution is 0.0697. The lowest BCUT2D eigenvalue weighted by Crippen LogP contribution is -2.16. The number of carbonyl (C=O) groups is 1. The maximum absolute atomic E-state index is 10.8. The molecule has 0 amide bonds. The SMILES string of the molecule is COc1ncc(CN(C)Cc2ccc(C(=O)O)cc2)s1. The van der Waals surface area contributed by atoms with E-state index in [0.717, 1.165) is 23.5 Å². The number of nitrogens with zero attached hydrogens (tertiary/aromatic N) is 2. The molecule has 0 saturated heterocycles. The Hall–Kier alpha value is -1.92. The molecule has 0 unspecified atom stereocenters. The van der Waals surface area contributed by atoms with Crippen molar-refractivity contribution in [3.05, 3.63) is 46.5 Å². The molecule has 0 aliphatic heterocycles. The number of benzene rings is 1. The molecule has 0 radical (unpaired) electrons. The predicted octanol–water partition coefficient (Wildman–Crippen LogP) is 2.48. The van der Waals surface area contributed by atoms with Crippen molar-refractivity contribution in [3.63, 3.8) is 0 Å². The van der Waals surface area contributed by atoms with E-state index in [9.17, 15) is 4.79 Å². The van der Waals surface area contributed by atoms with Crippen molar-refractivity contribution in [3.8, 4) is 5.19 Å². The Morgan fingerprint density at radius 3 is 2.60 bits per heavy atom. The fourth-order valence-electron chi connectivity index (χ4n) is 1.84. The normalized spacial score (nSPS) is 10.8. The summed E-state index contributed by atoms with van der Waals surface area (Å²) in [6, 6.07) is 6.93. The van der Waals surface area contributed by atoms with E-state index in [2.05, 4.69) is 9.88 Å². The molecule has 106 valence electrons. The second kappa shape index (κ2) is 6.49. The zero-order chi connectivity index (χ0) is 14.5. The molecule has 0 bridgehead atoms. The average Bonchev–Trinajstić information content (AvgIpc) is 2.86. The van der Waals surface area contributed by atoms with Gasteiger partial charge in [-0.2, -0.15) is 0 Å². The van der Waals surface area contributed by atoms with Crippen molar-refractivity contribution < 1.29 is 14.6 Å². The number of aromatic nitrogens is 1. The van der Waals surface area contributed by atoms with Gasteiger partial charge in [0.05, 0.1) is 12.7 Å². The average molecular weight is 292 g/mol. The molecule has 0 spiro atoms. The van der Waals surface area contributed by atoms with Crippen molar-refractivity contribution in [2.24, 2.45) is 0 Å². The van der Waals surface area contributed by atoms with Gasteiger partial charge in [0.2, 0.25) is 0 Å². The summed E-state index contributed by atoms with van der Waals surface area (Å²) in [4.78, 5) is 18.2. The van der Waals surface area contributed by atoms with E-state index in [1.54, 1.807) is 19.2 Å². The minimum atomic E-state index is -0.901. The van der Waals surface area contributed by atoms with Crippen molar-refractivity contribution in [2.45, 2.75) is 13.1 Å². The Labute approximate surface area is 121 Å². The minimum Gasteiger partial charge on any atom is -0.478 e. The summed E-state index contributed by atoms with van der Waals surface area (Å²) in [5.74, 6) is -0.901. The first-order valence-electron chi connectivity index (χ1n) is 6.08. The van der Waals surface area contributed by atoms with E-state index >= 15 is 0 Å². The van der Waals surface area contributed by atoms with Crippen LogP contribution in [0.25, 0.3) is 0 Å². The second-order valence-corrected chi connectivity index (χ2v) is 5.55. The first kappa shape index (κ1) is 14.5. The van der Waals surface area contributed by atoms with Crippen LogP contribution in [0, 0.1) is 0 Å². The van der Waals surface area contributed by atoms with Gasteiger partial charge in [0.15, 0.2) is 0 Å². The van der Waals surface area contributed by atoms with E-state index in [1.807, 2.05) is 25.4 Å². The van der Waals surface area contributed by atoms with Crippen LogP contribution in [-0.4, -0.2) is 35.1 Å². The zero-order valence-corrected chi connectivity index (χ0v) is 12.2. The molecule has 1 aromatic carbocycles. The van der Waals surface area contributed by atoms with Gasteiger partial charge < -0.3 is 9.84 Å². The van der Waals surface area contributed by atoms with Crippen molar-refractivity contribution in [2.75, 3.05) is 14.2 Å². The molecule has 0 saturated carbocycles. The monoisotopic (exact) mass is 292 g/mol. The molecule has 0 aliphatic rings. The van der Waals surface area contributed by atoms with E-state index in [0.29, 0.717) is 10.8 Å². The van der Waals surface area contributed by atoms with Gasteiger partial charge in [-0.25, -0.2) is 9.78 Å². The summed E-state index contributed by atoms with van der Waals surface area (Å²) >= 11 is 1.53. The van der Waals surface area contributed by atoms with E-state index < -0.39 is 5.97 Å². The van der Waals surface area contributed by atoms with Gasteiger partial charge >= 0.3 is 5.97 Å². The molecule has 20 heavy (non-hydrogen) atoms. The van der Waals surface area contributed by atoms with Crippen LogP contribution in [0.2, 0.25) is 0 Å². The minimum absolute atomic E-state index is 0.309. The third-order valence-electron chi connectivity index (χ3n) is 2.79. The summed E-state index contributed by atoms with van der Waals surface area (Å²) in [5, 5.41) is 9.52. The number of carboxylic acids is 1. The van der Waals surface area contributed by atoms with Gasteiger partial charge in [-0.15, -0.1) is 0 Å². The molecule has 0 aliphatic carbocycles. The Kier molecular flexibility index (Phi) is 4.70. The highest BCUT2D eigenvalue weighted by atomic mass is 32.1. The zero-order valence-electron chi connectivity index (χ0n) is 11.4. The molecule has 0 atom stereocenters.